The van der Waals surface area contributed by atoms with Gasteiger partial charge in [-0.1, -0.05) is 0 Å². The fourth-order valence-corrected chi connectivity index (χ4v) is 2.76. The van der Waals surface area contributed by atoms with E-state index in [4.69, 9.17) is 9.47 Å². The zero-order chi connectivity index (χ0) is 19.2. The number of hydrogen-bond acceptors (Lipinski definition) is 4. The Labute approximate surface area is 156 Å². The third kappa shape index (κ3) is 5.27. The highest BCUT2D eigenvalue weighted by Gasteiger charge is 2.16. The first-order valence-corrected chi connectivity index (χ1v) is 8.74. The van der Waals surface area contributed by atoms with Gasteiger partial charge in [0, 0.05) is 24.8 Å². The molecule has 1 heterocycles. The van der Waals surface area contributed by atoms with Crippen molar-refractivity contribution in [2.75, 3.05) is 23.8 Å². The highest BCUT2D eigenvalue weighted by molar-refractivity contribution is 6.04. The summed E-state index contributed by atoms with van der Waals surface area (Å²) in [7, 11) is 0. The largest absolute Gasteiger partial charge is 0.491 e. The lowest BCUT2D eigenvalue weighted by Crippen LogP contribution is -2.16. The molecule has 27 heavy (non-hydrogen) atoms. The molecular formula is C20H21FN2O4. The quantitative estimate of drug-likeness (QED) is 0.812. The minimum absolute atomic E-state index is 0.0122. The fourth-order valence-electron chi connectivity index (χ4n) is 2.76. The van der Waals surface area contributed by atoms with Gasteiger partial charge in [-0.3, -0.25) is 9.59 Å². The SMILES string of the molecule is CC(=O)Nc1cc(NC(=O)c2ccc(OCC3CCCO3)cc2)ccc1F. The highest BCUT2D eigenvalue weighted by Crippen LogP contribution is 2.21. The van der Waals surface area contributed by atoms with Gasteiger partial charge in [0.1, 0.15) is 18.2 Å². The summed E-state index contributed by atoms with van der Waals surface area (Å²) in [6.45, 7) is 2.56. The van der Waals surface area contributed by atoms with Gasteiger partial charge in [-0.15, -0.1) is 0 Å². The molecule has 2 amide bonds. The predicted molar refractivity (Wildman–Crippen MR) is 99.6 cm³/mol. The van der Waals surface area contributed by atoms with E-state index in [9.17, 15) is 14.0 Å². The number of ether oxygens (including phenoxy) is 2. The third-order valence-corrected chi connectivity index (χ3v) is 4.11. The molecule has 1 atom stereocenters. The van der Waals surface area contributed by atoms with Gasteiger partial charge in [0.05, 0.1) is 11.8 Å². The summed E-state index contributed by atoms with van der Waals surface area (Å²) in [6, 6.07) is 10.7. The molecule has 2 N–H and O–H groups in total. The lowest BCUT2D eigenvalue weighted by atomic mass is 10.2. The highest BCUT2D eigenvalue weighted by atomic mass is 19.1. The van der Waals surface area contributed by atoms with Gasteiger partial charge in [0.25, 0.3) is 5.91 Å². The van der Waals surface area contributed by atoms with Crippen LogP contribution in [-0.4, -0.2) is 31.1 Å². The summed E-state index contributed by atoms with van der Waals surface area (Å²) in [4.78, 5) is 23.5. The van der Waals surface area contributed by atoms with Crippen LogP contribution >= 0.6 is 0 Å². The molecule has 0 spiro atoms. The van der Waals surface area contributed by atoms with E-state index in [-0.39, 0.29) is 17.7 Å². The van der Waals surface area contributed by atoms with Gasteiger partial charge in [0.15, 0.2) is 0 Å². The number of benzene rings is 2. The molecule has 0 radical (unpaired) electrons. The van der Waals surface area contributed by atoms with Crippen LogP contribution in [0.25, 0.3) is 0 Å². The minimum atomic E-state index is -0.573. The summed E-state index contributed by atoms with van der Waals surface area (Å²) in [5, 5.41) is 5.06. The number of rotatable bonds is 6. The van der Waals surface area contributed by atoms with E-state index in [2.05, 4.69) is 10.6 Å². The van der Waals surface area contributed by atoms with Crippen molar-refractivity contribution in [3.05, 3.63) is 53.8 Å². The van der Waals surface area contributed by atoms with E-state index in [1.54, 1.807) is 24.3 Å². The molecule has 1 unspecified atom stereocenters. The maximum absolute atomic E-state index is 13.7. The molecule has 0 bridgehead atoms. The Morgan fingerprint density at radius 3 is 2.63 bits per heavy atom. The molecule has 3 rings (SSSR count). The van der Waals surface area contributed by atoms with E-state index in [0.717, 1.165) is 19.4 Å². The van der Waals surface area contributed by atoms with Crippen LogP contribution in [0, 0.1) is 5.82 Å². The molecule has 0 aromatic heterocycles. The number of nitrogens with one attached hydrogen (secondary N) is 2. The first kappa shape index (κ1) is 18.8. The van der Waals surface area contributed by atoms with Crippen molar-refractivity contribution in [1.82, 2.24) is 0 Å². The van der Waals surface area contributed by atoms with Crippen molar-refractivity contribution < 1.29 is 23.5 Å². The van der Waals surface area contributed by atoms with Gasteiger partial charge in [-0.2, -0.15) is 0 Å². The molecule has 142 valence electrons. The van der Waals surface area contributed by atoms with Crippen molar-refractivity contribution in [1.29, 1.82) is 0 Å². The normalized spacial score (nSPS) is 16.0. The molecule has 1 saturated heterocycles. The van der Waals surface area contributed by atoms with E-state index >= 15 is 0 Å². The zero-order valence-corrected chi connectivity index (χ0v) is 15.0. The lowest BCUT2D eigenvalue weighted by molar-refractivity contribution is -0.114. The summed E-state index contributed by atoms with van der Waals surface area (Å²) in [6.07, 6.45) is 2.18. The number of halogens is 1. The van der Waals surface area contributed by atoms with Gasteiger partial charge in [-0.05, 0) is 55.3 Å². The van der Waals surface area contributed by atoms with Crippen LogP contribution < -0.4 is 15.4 Å². The van der Waals surface area contributed by atoms with Crippen LogP contribution in [-0.2, 0) is 9.53 Å². The van der Waals surface area contributed by atoms with Crippen molar-refractivity contribution in [2.45, 2.75) is 25.9 Å². The lowest BCUT2D eigenvalue weighted by Gasteiger charge is -2.12. The van der Waals surface area contributed by atoms with Crippen LogP contribution in [0.5, 0.6) is 5.75 Å². The molecule has 1 aliphatic rings. The van der Waals surface area contributed by atoms with Crippen LogP contribution in [0.15, 0.2) is 42.5 Å². The van der Waals surface area contributed by atoms with Crippen molar-refractivity contribution in [3.63, 3.8) is 0 Å². The molecule has 2 aromatic rings. The van der Waals surface area contributed by atoms with E-state index in [1.165, 1.54) is 25.1 Å². The Kier molecular flexibility index (Phi) is 6.03. The van der Waals surface area contributed by atoms with Crippen LogP contribution in [0.4, 0.5) is 15.8 Å². The Morgan fingerprint density at radius 1 is 1.19 bits per heavy atom. The molecule has 0 saturated carbocycles. The first-order chi connectivity index (χ1) is 13.0. The number of hydrogen-bond donors (Lipinski definition) is 2. The monoisotopic (exact) mass is 372 g/mol. The summed E-state index contributed by atoms with van der Waals surface area (Å²) >= 11 is 0. The maximum atomic E-state index is 13.7. The number of carbonyl (C=O) groups excluding carboxylic acids is 2. The van der Waals surface area contributed by atoms with Crippen LogP contribution in [0.1, 0.15) is 30.1 Å². The van der Waals surface area contributed by atoms with E-state index in [1.807, 2.05) is 0 Å². The summed E-state index contributed by atoms with van der Waals surface area (Å²) < 4.78 is 24.8. The number of carbonyl (C=O) groups is 2. The van der Waals surface area contributed by atoms with Crippen molar-refractivity contribution in [2.24, 2.45) is 0 Å². The average Bonchev–Trinajstić information content (AvgIpc) is 3.16. The number of amides is 2. The smallest absolute Gasteiger partial charge is 0.255 e. The molecule has 6 nitrogen and oxygen atoms in total. The fraction of sp³-hybridized carbons (Fsp3) is 0.300. The second-order valence-corrected chi connectivity index (χ2v) is 6.30. The third-order valence-electron chi connectivity index (χ3n) is 4.11. The van der Waals surface area contributed by atoms with E-state index < -0.39 is 11.7 Å². The second-order valence-electron chi connectivity index (χ2n) is 6.30. The van der Waals surface area contributed by atoms with Gasteiger partial charge < -0.3 is 20.1 Å². The molecule has 0 aliphatic carbocycles. The Balaban J connectivity index is 1.59. The topological polar surface area (TPSA) is 76.7 Å². The molecular weight excluding hydrogens is 351 g/mol. The molecule has 7 heteroatoms. The molecule has 1 aliphatic heterocycles. The summed E-state index contributed by atoms with van der Waals surface area (Å²) in [5.74, 6) is -0.648. The maximum Gasteiger partial charge on any atom is 0.255 e. The summed E-state index contributed by atoms with van der Waals surface area (Å²) in [5.41, 5.74) is 0.826. The second kappa shape index (κ2) is 8.64. The van der Waals surface area contributed by atoms with Crippen LogP contribution in [0.2, 0.25) is 0 Å². The molecule has 2 aromatic carbocycles. The average molecular weight is 372 g/mol. The molecule has 1 fully saturated rings. The van der Waals surface area contributed by atoms with Crippen molar-refractivity contribution >= 4 is 23.2 Å². The Hall–Kier alpha value is -2.93. The van der Waals surface area contributed by atoms with Crippen LogP contribution in [0.3, 0.4) is 0 Å². The predicted octanol–water partition coefficient (Wildman–Crippen LogP) is 3.59. The Bertz CT molecular complexity index is 817. The zero-order valence-electron chi connectivity index (χ0n) is 15.0. The Morgan fingerprint density at radius 2 is 1.96 bits per heavy atom. The first-order valence-electron chi connectivity index (χ1n) is 8.74. The standard InChI is InChI=1S/C20H21FN2O4/c1-13(24)22-19-11-15(6-9-18(19)21)23-20(25)14-4-7-16(8-5-14)27-12-17-3-2-10-26-17/h4-9,11,17H,2-3,10,12H2,1H3,(H,22,24)(H,23,25). The van der Waals surface area contributed by atoms with Gasteiger partial charge >= 0.3 is 0 Å². The van der Waals surface area contributed by atoms with Crippen molar-refractivity contribution in [3.8, 4) is 5.75 Å². The van der Waals surface area contributed by atoms with Gasteiger partial charge in [-0.25, -0.2) is 4.39 Å². The minimum Gasteiger partial charge on any atom is -0.491 e. The van der Waals surface area contributed by atoms with E-state index in [0.29, 0.717) is 23.6 Å². The number of anilines is 2. The van der Waals surface area contributed by atoms with Gasteiger partial charge in [0.2, 0.25) is 5.91 Å².